The SMILES string of the molecule is O=S(=O)(CCCNc1nccc(-c2c(-c3ccc(F)c(O)c3)nc3sccn23)n1)c1ccccc1. The Hall–Kier alpha value is -3.83. The molecule has 178 valence electrons. The van der Waals surface area contributed by atoms with Crippen LogP contribution in [-0.4, -0.2) is 45.2 Å². The zero-order valence-corrected chi connectivity index (χ0v) is 19.9. The Kier molecular flexibility index (Phi) is 6.18. The van der Waals surface area contributed by atoms with Crippen LogP contribution in [0.15, 0.2) is 77.3 Å². The third kappa shape index (κ3) is 4.73. The molecular weight excluding hydrogens is 489 g/mol. The number of nitrogens with zero attached hydrogens (tertiary/aromatic N) is 4. The van der Waals surface area contributed by atoms with Crippen molar-refractivity contribution in [3.8, 4) is 28.4 Å². The summed E-state index contributed by atoms with van der Waals surface area (Å²) in [6, 6.07) is 14.2. The molecule has 11 heteroatoms. The van der Waals surface area contributed by atoms with E-state index < -0.39 is 21.4 Å². The quantitative estimate of drug-likeness (QED) is 0.293. The Morgan fingerprint density at radius 3 is 2.71 bits per heavy atom. The Balaban J connectivity index is 1.37. The van der Waals surface area contributed by atoms with E-state index >= 15 is 0 Å². The lowest BCUT2D eigenvalue weighted by Gasteiger charge is -2.09. The van der Waals surface area contributed by atoms with Crippen molar-refractivity contribution in [1.29, 1.82) is 0 Å². The summed E-state index contributed by atoms with van der Waals surface area (Å²) in [5.74, 6) is -0.822. The number of anilines is 1. The van der Waals surface area contributed by atoms with Crippen LogP contribution in [0.2, 0.25) is 0 Å². The van der Waals surface area contributed by atoms with Gasteiger partial charge >= 0.3 is 0 Å². The van der Waals surface area contributed by atoms with Crippen LogP contribution < -0.4 is 5.32 Å². The topological polar surface area (TPSA) is 109 Å². The zero-order chi connectivity index (χ0) is 24.4. The maximum atomic E-state index is 13.6. The number of aromatic hydroxyl groups is 1. The van der Waals surface area contributed by atoms with Gasteiger partial charge in [-0.25, -0.2) is 27.8 Å². The molecule has 0 saturated carbocycles. The molecule has 0 spiro atoms. The highest BCUT2D eigenvalue weighted by molar-refractivity contribution is 7.91. The number of phenols is 1. The molecule has 3 heterocycles. The van der Waals surface area contributed by atoms with Crippen molar-refractivity contribution in [2.75, 3.05) is 17.6 Å². The van der Waals surface area contributed by atoms with E-state index in [1.807, 2.05) is 16.0 Å². The van der Waals surface area contributed by atoms with Gasteiger partial charge in [-0.05, 0) is 42.8 Å². The molecule has 0 aliphatic heterocycles. The number of thiazole rings is 1. The van der Waals surface area contributed by atoms with E-state index in [1.54, 1.807) is 48.7 Å². The first-order chi connectivity index (χ1) is 16.9. The number of rotatable bonds is 8. The minimum absolute atomic E-state index is 0.0000600. The molecule has 35 heavy (non-hydrogen) atoms. The normalized spacial score (nSPS) is 11.7. The third-order valence-corrected chi connectivity index (χ3v) is 7.93. The van der Waals surface area contributed by atoms with Gasteiger partial charge in [0, 0.05) is 29.9 Å². The van der Waals surface area contributed by atoms with Crippen LogP contribution in [0.3, 0.4) is 0 Å². The molecule has 0 aliphatic rings. The molecule has 0 bridgehead atoms. The first kappa shape index (κ1) is 22.9. The summed E-state index contributed by atoms with van der Waals surface area (Å²) in [4.78, 5) is 14.5. The van der Waals surface area contributed by atoms with Gasteiger partial charge in [0.1, 0.15) is 5.69 Å². The number of hydrogen-bond acceptors (Lipinski definition) is 8. The molecule has 2 aromatic carbocycles. The maximum absolute atomic E-state index is 13.6. The average molecular weight is 510 g/mol. The molecule has 0 radical (unpaired) electrons. The average Bonchev–Trinajstić information content (AvgIpc) is 3.46. The molecule has 5 aromatic rings. The van der Waals surface area contributed by atoms with Gasteiger partial charge in [-0.15, -0.1) is 11.3 Å². The Labute approximate surface area is 204 Å². The van der Waals surface area contributed by atoms with Gasteiger partial charge in [0.05, 0.1) is 22.0 Å². The molecule has 8 nitrogen and oxygen atoms in total. The number of imidazole rings is 1. The second-order valence-corrected chi connectivity index (χ2v) is 10.7. The maximum Gasteiger partial charge on any atom is 0.223 e. The molecule has 0 atom stereocenters. The van der Waals surface area contributed by atoms with Gasteiger partial charge in [0.2, 0.25) is 5.95 Å². The summed E-state index contributed by atoms with van der Waals surface area (Å²) in [6.07, 6.45) is 3.84. The van der Waals surface area contributed by atoms with Crippen molar-refractivity contribution in [3.05, 3.63) is 78.2 Å². The molecule has 0 fully saturated rings. The highest BCUT2D eigenvalue weighted by atomic mass is 32.2. The van der Waals surface area contributed by atoms with Gasteiger partial charge in [-0.3, -0.25) is 4.40 Å². The zero-order valence-electron chi connectivity index (χ0n) is 18.3. The van der Waals surface area contributed by atoms with E-state index in [9.17, 15) is 17.9 Å². The fraction of sp³-hybridized carbons (Fsp3) is 0.125. The van der Waals surface area contributed by atoms with Gasteiger partial charge < -0.3 is 10.4 Å². The van der Waals surface area contributed by atoms with Crippen molar-refractivity contribution in [3.63, 3.8) is 0 Å². The lowest BCUT2D eigenvalue weighted by atomic mass is 10.1. The molecule has 0 amide bonds. The van der Waals surface area contributed by atoms with Crippen molar-refractivity contribution < 1.29 is 17.9 Å². The van der Waals surface area contributed by atoms with E-state index in [1.165, 1.54) is 23.5 Å². The van der Waals surface area contributed by atoms with Crippen molar-refractivity contribution in [2.45, 2.75) is 11.3 Å². The predicted octanol–water partition coefficient (Wildman–Crippen LogP) is 4.64. The molecule has 3 aromatic heterocycles. The van der Waals surface area contributed by atoms with E-state index in [0.29, 0.717) is 46.5 Å². The van der Waals surface area contributed by atoms with Crippen molar-refractivity contribution in [2.24, 2.45) is 0 Å². The molecule has 0 saturated heterocycles. The van der Waals surface area contributed by atoms with Crippen LogP contribution in [0.25, 0.3) is 27.6 Å². The minimum Gasteiger partial charge on any atom is -0.505 e. The summed E-state index contributed by atoms with van der Waals surface area (Å²) in [5.41, 5.74) is 2.34. The molecule has 0 aliphatic carbocycles. The standard InChI is InChI=1S/C24H20FN5O3S2/c25-18-8-7-16(15-20(18)31)21-22(30-12-13-34-24(30)29-21)19-9-11-27-23(28-19)26-10-4-14-35(32,33)17-5-2-1-3-6-17/h1-3,5-9,11-13,15,31H,4,10,14H2,(H,26,27,28). The third-order valence-electron chi connectivity index (χ3n) is 5.36. The first-order valence-corrected chi connectivity index (χ1v) is 13.2. The van der Waals surface area contributed by atoms with Crippen LogP contribution in [0.5, 0.6) is 5.75 Å². The van der Waals surface area contributed by atoms with Gasteiger partial charge in [-0.2, -0.15) is 0 Å². The molecule has 5 rings (SSSR count). The second-order valence-electron chi connectivity index (χ2n) is 7.71. The van der Waals surface area contributed by atoms with Gasteiger partial charge in [0.25, 0.3) is 0 Å². The lowest BCUT2D eigenvalue weighted by Crippen LogP contribution is -2.13. The fourth-order valence-electron chi connectivity index (χ4n) is 3.68. The lowest BCUT2D eigenvalue weighted by molar-refractivity contribution is 0.432. The van der Waals surface area contributed by atoms with Crippen LogP contribution in [0.4, 0.5) is 10.3 Å². The minimum atomic E-state index is -3.36. The van der Waals surface area contributed by atoms with Gasteiger partial charge in [0.15, 0.2) is 26.4 Å². The summed E-state index contributed by atoms with van der Waals surface area (Å²) in [6.45, 7) is 0.370. The number of sulfone groups is 1. The van der Waals surface area contributed by atoms with Crippen molar-refractivity contribution in [1.82, 2.24) is 19.4 Å². The number of nitrogens with one attached hydrogen (secondary N) is 1. The molecule has 0 unspecified atom stereocenters. The number of fused-ring (bicyclic) bond motifs is 1. The number of hydrogen-bond donors (Lipinski definition) is 2. The summed E-state index contributed by atoms with van der Waals surface area (Å²) < 4.78 is 40.4. The summed E-state index contributed by atoms with van der Waals surface area (Å²) >= 11 is 1.44. The molecular formula is C24H20FN5O3S2. The van der Waals surface area contributed by atoms with Crippen LogP contribution in [0, 0.1) is 5.82 Å². The highest BCUT2D eigenvalue weighted by Crippen LogP contribution is 2.35. The van der Waals surface area contributed by atoms with Crippen LogP contribution >= 0.6 is 11.3 Å². The van der Waals surface area contributed by atoms with E-state index in [0.717, 1.165) is 4.96 Å². The number of phenolic OH excluding ortho intramolecular Hbond substituents is 1. The van der Waals surface area contributed by atoms with Gasteiger partial charge in [-0.1, -0.05) is 18.2 Å². The second kappa shape index (κ2) is 9.43. The monoisotopic (exact) mass is 509 g/mol. The first-order valence-electron chi connectivity index (χ1n) is 10.7. The predicted molar refractivity (Wildman–Crippen MR) is 133 cm³/mol. The Morgan fingerprint density at radius 2 is 1.91 bits per heavy atom. The van der Waals surface area contributed by atoms with E-state index in [2.05, 4.69) is 20.3 Å². The van der Waals surface area contributed by atoms with Crippen molar-refractivity contribution >= 4 is 32.1 Å². The van der Waals surface area contributed by atoms with E-state index in [-0.39, 0.29) is 5.75 Å². The molecule has 2 N–H and O–H groups in total. The van der Waals surface area contributed by atoms with Crippen LogP contribution in [0.1, 0.15) is 6.42 Å². The summed E-state index contributed by atoms with van der Waals surface area (Å²) in [7, 11) is -3.36. The van der Waals surface area contributed by atoms with Crippen LogP contribution in [-0.2, 0) is 9.84 Å². The summed E-state index contributed by atoms with van der Waals surface area (Å²) in [5, 5.41) is 14.8. The Morgan fingerprint density at radius 1 is 1.09 bits per heavy atom. The number of halogens is 1. The van der Waals surface area contributed by atoms with E-state index in [4.69, 9.17) is 0 Å². The largest absolute Gasteiger partial charge is 0.505 e. The highest BCUT2D eigenvalue weighted by Gasteiger charge is 2.19. The number of aromatic nitrogens is 4. The Bertz CT molecular complexity index is 1600. The fourth-order valence-corrected chi connectivity index (χ4v) is 5.72. The number of benzene rings is 2. The smallest absolute Gasteiger partial charge is 0.223 e.